The van der Waals surface area contributed by atoms with Gasteiger partial charge >= 0.3 is 0 Å². The largest absolute Gasteiger partial charge is 0.0888 e. The summed E-state index contributed by atoms with van der Waals surface area (Å²) in [6, 6.07) is 0. The van der Waals surface area contributed by atoms with Gasteiger partial charge in [-0.25, -0.2) is 0 Å². The number of halogens is 1. The van der Waals surface area contributed by atoms with Gasteiger partial charge in [-0.3, -0.25) is 0 Å². The van der Waals surface area contributed by atoms with Gasteiger partial charge in [0.15, 0.2) is 0 Å². The number of hydrogen-bond donors (Lipinski definition) is 0. The second kappa shape index (κ2) is 6.93. The van der Waals surface area contributed by atoms with Gasteiger partial charge in [-0.05, 0) is 43.4 Å². The average Bonchev–Trinajstić information content (AvgIpc) is 2.43. The molecule has 0 heterocycles. The van der Waals surface area contributed by atoms with Crippen molar-refractivity contribution in [1.82, 2.24) is 0 Å². The third-order valence-corrected chi connectivity index (χ3v) is 5.28. The van der Waals surface area contributed by atoms with Gasteiger partial charge in [0.05, 0.1) is 0 Å². The van der Waals surface area contributed by atoms with Crippen LogP contribution in [0.5, 0.6) is 0 Å². The van der Waals surface area contributed by atoms with Crippen LogP contribution in [0.2, 0.25) is 0 Å². The van der Waals surface area contributed by atoms with Crippen molar-refractivity contribution in [2.45, 2.75) is 70.5 Å². The summed E-state index contributed by atoms with van der Waals surface area (Å²) in [6.45, 7) is 7.08. The lowest BCUT2D eigenvalue weighted by molar-refractivity contribution is 0.334. The van der Waals surface area contributed by atoms with Gasteiger partial charge in [-0.15, -0.1) is 0 Å². The lowest BCUT2D eigenvalue weighted by Crippen LogP contribution is -2.14. The molecular formula is C14H27Br. The molecule has 0 aromatic rings. The monoisotopic (exact) mass is 274 g/mol. The third kappa shape index (κ3) is 4.46. The van der Waals surface area contributed by atoms with E-state index in [2.05, 4.69) is 36.7 Å². The van der Waals surface area contributed by atoms with Gasteiger partial charge in [0.25, 0.3) is 0 Å². The Morgan fingerprint density at radius 3 is 2.27 bits per heavy atom. The molecule has 1 rings (SSSR count). The Bertz CT molecular complexity index is 165. The molecule has 0 spiro atoms. The summed E-state index contributed by atoms with van der Waals surface area (Å²) in [5.74, 6) is 2.84. The maximum atomic E-state index is 3.89. The van der Waals surface area contributed by atoms with Gasteiger partial charge < -0.3 is 0 Å². The van der Waals surface area contributed by atoms with E-state index in [-0.39, 0.29) is 0 Å². The second-order valence-electron chi connectivity index (χ2n) is 5.58. The van der Waals surface area contributed by atoms with Crippen LogP contribution in [0, 0.1) is 17.8 Å². The molecule has 3 atom stereocenters. The molecule has 0 aliphatic heterocycles. The fourth-order valence-electron chi connectivity index (χ4n) is 2.90. The normalized spacial score (nSPS) is 30.2. The first-order chi connectivity index (χ1) is 7.15. The molecule has 3 unspecified atom stereocenters. The van der Waals surface area contributed by atoms with Crippen LogP contribution < -0.4 is 0 Å². The molecule has 0 aromatic heterocycles. The number of hydrogen-bond acceptors (Lipinski definition) is 0. The van der Waals surface area contributed by atoms with E-state index < -0.39 is 0 Å². The van der Waals surface area contributed by atoms with E-state index in [0.29, 0.717) is 0 Å². The lowest BCUT2D eigenvalue weighted by atomic mass is 9.88. The van der Waals surface area contributed by atoms with E-state index in [1.165, 1.54) is 44.9 Å². The molecule has 1 fully saturated rings. The molecule has 0 saturated heterocycles. The van der Waals surface area contributed by atoms with Crippen LogP contribution in [0.3, 0.4) is 0 Å². The summed E-state index contributed by atoms with van der Waals surface area (Å²) in [5, 5.41) is 0. The van der Waals surface area contributed by atoms with Gasteiger partial charge in [0, 0.05) is 4.83 Å². The van der Waals surface area contributed by atoms with Crippen molar-refractivity contribution in [1.29, 1.82) is 0 Å². The highest BCUT2D eigenvalue weighted by Crippen LogP contribution is 2.36. The van der Waals surface area contributed by atoms with Crippen molar-refractivity contribution in [3.05, 3.63) is 0 Å². The molecule has 0 N–H and O–H groups in total. The Morgan fingerprint density at radius 1 is 1.07 bits per heavy atom. The highest BCUT2D eigenvalue weighted by Gasteiger charge is 2.24. The predicted molar refractivity (Wildman–Crippen MR) is 72.5 cm³/mol. The van der Waals surface area contributed by atoms with Crippen LogP contribution in [-0.2, 0) is 0 Å². The first kappa shape index (κ1) is 13.5. The third-order valence-electron chi connectivity index (χ3n) is 4.08. The molecule has 0 nitrogen and oxygen atoms in total. The van der Waals surface area contributed by atoms with Crippen molar-refractivity contribution in [2.24, 2.45) is 17.8 Å². The minimum atomic E-state index is 0.786. The predicted octanol–water partition coefficient (Wildman–Crippen LogP) is 5.40. The summed E-state index contributed by atoms with van der Waals surface area (Å²) in [5.41, 5.74) is 0. The molecule has 0 amide bonds. The minimum Gasteiger partial charge on any atom is -0.0888 e. The fourth-order valence-corrected chi connectivity index (χ4v) is 3.89. The Hall–Kier alpha value is 0.480. The van der Waals surface area contributed by atoms with Crippen molar-refractivity contribution >= 4 is 15.9 Å². The first-order valence-electron chi connectivity index (χ1n) is 6.79. The van der Waals surface area contributed by atoms with E-state index in [4.69, 9.17) is 0 Å². The van der Waals surface area contributed by atoms with Crippen molar-refractivity contribution in [2.75, 3.05) is 0 Å². The van der Waals surface area contributed by atoms with Crippen molar-refractivity contribution in [3.8, 4) is 0 Å². The van der Waals surface area contributed by atoms with Crippen molar-refractivity contribution < 1.29 is 0 Å². The van der Waals surface area contributed by atoms with Crippen LogP contribution in [0.25, 0.3) is 0 Å². The first-order valence-corrected chi connectivity index (χ1v) is 7.70. The zero-order valence-corrected chi connectivity index (χ0v) is 12.2. The Kier molecular flexibility index (Phi) is 6.26. The molecule has 1 aliphatic carbocycles. The summed E-state index contributed by atoms with van der Waals surface area (Å²) in [6.07, 6.45) is 9.99. The molecule has 90 valence electrons. The van der Waals surface area contributed by atoms with Gasteiger partial charge in [0.1, 0.15) is 0 Å². The van der Waals surface area contributed by atoms with Crippen LogP contribution in [0.15, 0.2) is 0 Å². The molecule has 0 bridgehead atoms. The zero-order valence-electron chi connectivity index (χ0n) is 10.6. The van der Waals surface area contributed by atoms with Crippen LogP contribution in [0.4, 0.5) is 0 Å². The van der Waals surface area contributed by atoms with E-state index in [0.717, 1.165) is 22.6 Å². The average molecular weight is 275 g/mol. The van der Waals surface area contributed by atoms with E-state index in [1.54, 1.807) is 0 Å². The van der Waals surface area contributed by atoms with Crippen LogP contribution in [-0.4, -0.2) is 4.83 Å². The molecule has 0 radical (unpaired) electrons. The summed E-state index contributed by atoms with van der Waals surface area (Å²) in [4.78, 5) is 0.786. The Balaban J connectivity index is 2.38. The zero-order chi connectivity index (χ0) is 11.3. The standard InChI is InChI=1S/C14H27Br/c1-4-6-14(15)13-8-5-7-12(9-10-13)11(2)3/h11-14H,4-10H2,1-3H3. The molecule has 0 aromatic carbocycles. The fraction of sp³-hybridized carbons (Fsp3) is 1.00. The number of rotatable bonds is 4. The maximum absolute atomic E-state index is 3.89. The summed E-state index contributed by atoms with van der Waals surface area (Å²) < 4.78 is 0. The summed E-state index contributed by atoms with van der Waals surface area (Å²) >= 11 is 3.89. The van der Waals surface area contributed by atoms with Gasteiger partial charge in [0.2, 0.25) is 0 Å². The Labute approximate surface area is 104 Å². The SMILES string of the molecule is CCCC(Br)C1CCCC(C(C)C)CC1. The van der Waals surface area contributed by atoms with Gasteiger partial charge in [-0.2, -0.15) is 0 Å². The maximum Gasteiger partial charge on any atom is 0.0174 e. The van der Waals surface area contributed by atoms with E-state index in [9.17, 15) is 0 Å². The summed E-state index contributed by atoms with van der Waals surface area (Å²) in [7, 11) is 0. The lowest BCUT2D eigenvalue weighted by Gasteiger charge is -2.21. The topological polar surface area (TPSA) is 0 Å². The van der Waals surface area contributed by atoms with Crippen molar-refractivity contribution in [3.63, 3.8) is 0 Å². The highest BCUT2D eigenvalue weighted by atomic mass is 79.9. The molecule has 15 heavy (non-hydrogen) atoms. The molecule has 1 aliphatic rings. The Morgan fingerprint density at radius 2 is 1.67 bits per heavy atom. The van der Waals surface area contributed by atoms with E-state index >= 15 is 0 Å². The molecule has 1 heteroatoms. The smallest absolute Gasteiger partial charge is 0.0174 e. The van der Waals surface area contributed by atoms with Crippen LogP contribution >= 0.6 is 15.9 Å². The van der Waals surface area contributed by atoms with Crippen LogP contribution in [0.1, 0.15) is 65.7 Å². The highest BCUT2D eigenvalue weighted by molar-refractivity contribution is 9.09. The molecular weight excluding hydrogens is 248 g/mol. The van der Waals surface area contributed by atoms with Gasteiger partial charge in [-0.1, -0.05) is 56.0 Å². The second-order valence-corrected chi connectivity index (χ2v) is 6.75. The minimum absolute atomic E-state index is 0.786. The number of alkyl halides is 1. The van der Waals surface area contributed by atoms with E-state index in [1.807, 2.05) is 0 Å². The molecule has 1 saturated carbocycles. The quantitative estimate of drug-likeness (QED) is 0.476.